The quantitative estimate of drug-likeness (QED) is 0.631. The molecule has 0 aliphatic rings. The summed E-state index contributed by atoms with van der Waals surface area (Å²) in [5.74, 6) is -0.854. The smallest absolute Gasteiger partial charge is 0.357 e. The lowest BCUT2D eigenvalue weighted by Crippen LogP contribution is -2.10. The first-order valence-corrected chi connectivity index (χ1v) is 5.14. The van der Waals surface area contributed by atoms with Crippen molar-refractivity contribution in [3.63, 3.8) is 0 Å². The second-order valence-electron chi connectivity index (χ2n) is 2.67. The number of aromatic nitrogens is 1. The van der Waals surface area contributed by atoms with Crippen molar-refractivity contribution < 1.29 is 18.3 Å². The van der Waals surface area contributed by atoms with Gasteiger partial charge in [0.1, 0.15) is 0 Å². The number of esters is 1. The van der Waals surface area contributed by atoms with Gasteiger partial charge in [-0.25, -0.2) is 18.6 Å². The van der Waals surface area contributed by atoms with Crippen LogP contribution in [0.3, 0.4) is 0 Å². The molecule has 0 unspecified atom stereocenters. The fourth-order valence-electron chi connectivity index (χ4n) is 1.02. The zero-order valence-corrected chi connectivity index (χ0v) is 9.42. The molecule has 0 fully saturated rings. The van der Waals surface area contributed by atoms with E-state index in [0.717, 1.165) is 7.11 Å². The minimum atomic E-state index is -2.74. The summed E-state index contributed by atoms with van der Waals surface area (Å²) in [6, 6.07) is 2.61. The molecule has 6 heteroatoms. The van der Waals surface area contributed by atoms with E-state index in [2.05, 4.69) is 25.7 Å². The van der Waals surface area contributed by atoms with Gasteiger partial charge in [-0.15, -0.1) is 0 Å². The molecule has 1 aromatic heterocycles. The first-order valence-electron chi connectivity index (χ1n) is 4.02. The molecule has 1 heterocycles. The molecule has 0 N–H and O–H groups in total. The number of carbonyl (C=O) groups is 1. The SMILES string of the molecule is COC(=O)c1nc(CBr)ccc1C(F)F. The Bertz CT molecular complexity index is 371. The molecule has 15 heavy (non-hydrogen) atoms. The van der Waals surface area contributed by atoms with Crippen molar-refractivity contribution in [3.8, 4) is 0 Å². The lowest BCUT2D eigenvalue weighted by atomic mass is 10.2. The highest BCUT2D eigenvalue weighted by atomic mass is 79.9. The Morgan fingerprint density at radius 2 is 2.27 bits per heavy atom. The largest absolute Gasteiger partial charge is 0.464 e. The van der Waals surface area contributed by atoms with Crippen LogP contribution in [0.5, 0.6) is 0 Å². The average Bonchev–Trinajstić information content (AvgIpc) is 2.26. The van der Waals surface area contributed by atoms with Gasteiger partial charge < -0.3 is 4.74 Å². The summed E-state index contributed by atoms with van der Waals surface area (Å²) in [5, 5.41) is 0.389. The van der Waals surface area contributed by atoms with Gasteiger partial charge in [-0.2, -0.15) is 0 Å². The Balaban J connectivity index is 3.22. The molecular weight excluding hydrogens is 272 g/mol. The predicted octanol–water partition coefficient (Wildman–Crippen LogP) is 2.70. The molecule has 0 bridgehead atoms. The lowest BCUT2D eigenvalue weighted by Gasteiger charge is -2.07. The zero-order chi connectivity index (χ0) is 11.4. The predicted molar refractivity (Wildman–Crippen MR) is 53.2 cm³/mol. The number of methoxy groups -OCH3 is 1. The van der Waals surface area contributed by atoms with Gasteiger partial charge in [0.05, 0.1) is 18.4 Å². The number of alkyl halides is 3. The van der Waals surface area contributed by atoms with E-state index < -0.39 is 18.0 Å². The van der Waals surface area contributed by atoms with Gasteiger partial charge in [-0.05, 0) is 12.1 Å². The Morgan fingerprint density at radius 1 is 1.60 bits per heavy atom. The van der Waals surface area contributed by atoms with Crippen molar-refractivity contribution >= 4 is 21.9 Å². The van der Waals surface area contributed by atoms with E-state index in [9.17, 15) is 13.6 Å². The highest BCUT2D eigenvalue weighted by Gasteiger charge is 2.20. The van der Waals surface area contributed by atoms with Gasteiger partial charge in [0, 0.05) is 5.33 Å². The summed E-state index contributed by atoms with van der Waals surface area (Å²) in [5.41, 5.74) is -0.240. The fraction of sp³-hybridized carbons (Fsp3) is 0.333. The number of ether oxygens (including phenoxy) is 1. The molecule has 0 saturated carbocycles. The topological polar surface area (TPSA) is 39.2 Å². The molecular formula is C9H8BrF2NO2. The lowest BCUT2D eigenvalue weighted by molar-refractivity contribution is 0.0581. The molecule has 1 rings (SSSR count). The monoisotopic (exact) mass is 279 g/mol. The normalized spacial score (nSPS) is 10.5. The van der Waals surface area contributed by atoms with Gasteiger partial charge in [-0.3, -0.25) is 0 Å². The van der Waals surface area contributed by atoms with Crippen molar-refractivity contribution in [2.24, 2.45) is 0 Å². The van der Waals surface area contributed by atoms with Crippen LogP contribution in [-0.2, 0) is 10.1 Å². The van der Waals surface area contributed by atoms with Crippen molar-refractivity contribution in [1.82, 2.24) is 4.98 Å². The van der Waals surface area contributed by atoms with Crippen molar-refractivity contribution in [3.05, 3.63) is 29.1 Å². The van der Waals surface area contributed by atoms with Gasteiger partial charge in [0.2, 0.25) is 0 Å². The van der Waals surface area contributed by atoms with Crippen LogP contribution >= 0.6 is 15.9 Å². The number of carbonyl (C=O) groups excluding carboxylic acids is 1. The van der Waals surface area contributed by atoms with Crippen LogP contribution in [0.4, 0.5) is 8.78 Å². The van der Waals surface area contributed by atoms with E-state index in [-0.39, 0.29) is 5.69 Å². The van der Waals surface area contributed by atoms with Crippen LogP contribution in [-0.4, -0.2) is 18.1 Å². The second-order valence-corrected chi connectivity index (χ2v) is 3.23. The Labute approximate surface area is 93.6 Å². The van der Waals surface area contributed by atoms with Gasteiger partial charge in [-0.1, -0.05) is 15.9 Å². The molecule has 3 nitrogen and oxygen atoms in total. The number of nitrogens with zero attached hydrogens (tertiary/aromatic N) is 1. The second kappa shape index (κ2) is 5.16. The van der Waals surface area contributed by atoms with Crippen LogP contribution in [0, 0.1) is 0 Å². The molecule has 0 aliphatic carbocycles. The van der Waals surface area contributed by atoms with E-state index in [0.29, 0.717) is 11.0 Å². The van der Waals surface area contributed by atoms with Gasteiger partial charge >= 0.3 is 5.97 Å². The molecule has 1 aromatic rings. The van der Waals surface area contributed by atoms with Crippen molar-refractivity contribution in [1.29, 1.82) is 0 Å². The molecule has 0 atom stereocenters. The van der Waals surface area contributed by atoms with Crippen LogP contribution in [0.15, 0.2) is 12.1 Å². The maximum absolute atomic E-state index is 12.5. The van der Waals surface area contributed by atoms with Gasteiger partial charge in [0.15, 0.2) is 5.69 Å². The summed E-state index contributed by atoms with van der Waals surface area (Å²) < 4.78 is 29.4. The molecule has 0 saturated heterocycles. The first-order chi connectivity index (χ1) is 7.10. The summed E-state index contributed by atoms with van der Waals surface area (Å²) in [6.07, 6.45) is -2.74. The average molecular weight is 280 g/mol. The van der Waals surface area contributed by atoms with Crippen LogP contribution in [0.2, 0.25) is 0 Å². The highest BCUT2D eigenvalue weighted by molar-refractivity contribution is 9.08. The van der Waals surface area contributed by atoms with E-state index in [1.807, 2.05) is 0 Å². The molecule has 0 amide bonds. The van der Waals surface area contributed by atoms with Crippen LogP contribution < -0.4 is 0 Å². The molecule has 0 radical (unpaired) electrons. The van der Waals surface area contributed by atoms with Gasteiger partial charge in [0.25, 0.3) is 6.43 Å². The summed E-state index contributed by atoms with van der Waals surface area (Å²) in [6.45, 7) is 0. The number of rotatable bonds is 3. The van der Waals surface area contributed by atoms with Crippen molar-refractivity contribution in [2.75, 3.05) is 7.11 Å². The minimum Gasteiger partial charge on any atom is -0.464 e. The van der Waals surface area contributed by atoms with E-state index in [4.69, 9.17) is 0 Å². The Kier molecular flexibility index (Phi) is 4.14. The van der Waals surface area contributed by atoms with Crippen LogP contribution in [0.25, 0.3) is 0 Å². The molecule has 0 spiro atoms. The summed E-state index contributed by atoms with van der Waals surface area (Å²) in [7, 11) is 1.13. The van der Waals surface area contributed by atoms with E-state index in [1.54, 1.807) is 0 Å². The molecule has 0 aliphatic heterocycles. The number of hydrogen-bond acceptors (Lipinski definition) is 3. The fourth-order valence-corrected chi connectivity index (χ4v) is 1.33. The highest BCUT2D eigenvalue weighted by Crippen LogP contribution is 2.23. The third-order valence-electron chi connectivity index (χ3n) is 1.73. The zero-order valence-electron chi connectivity index (χ0n) is 7.84. The Morgan fingerprint density at radius 3 is 2.73 bits per heavy atom. The molecule has 82 valence electrons. The number of halogens is 3. The standard InChI is InChI=1S/C9H8BrF2NO2/c1-15-9(14)7-6(8(11)12)3-2-5(4-10)13-7/h2-3,8H,4H2,1H3. The minimum absolute atomic E-state index is 0.329. The summed E-state index contributed by atoms with van der Waals surface area (Å²) in [4.78, 5) is 15.0. The Hall–Kier alpha value is -1.04. The van der Waals surface area contributed by atoms with E-state index in [1.165, 1.54) is 12.1 Å². The maximum atomic E-state index is 12.5. The third kappa shape index (κ3) is 2.71. The summed E-state index contributed by atoms with van der Waals surface area (Å²) >= 11 is 3.12. The maximum Gasteiger partial charge on any atom is 0.357 e. The number of hydrogen-bond donors (Lipinski definition) is 0. The van der Waals surface area contributed by atoms with E-state index >= 15 is 0 Å². The first kappa shape index (κ1) is 12.0. The van der Waals surface area contributed by atoms with Crippen LogP contribution in [0.1, 0.15) is 28.2 Å². The van der Waals surface area contributed by atoms with Crippen molar-refractivity contribution in [2.45, 2.75) is 11.8 Å². The third-order valence-corrected chi connectivity index (χ3v) is 2.31. The molecule has 0 aromatic carbocycles. The number of pyridine rings is 1.